The van der Waals surface area contributed by atoms with Crippen LogP contribution in [0.2, 0.25) is 0 Å². The van der Waals surface area contributed by atoms with Gasteiger partial charge in [0.2, 0.25) is 5.88 Å². The van der Waals surface area contributed by atoms with Crippen molar-refractivity contribution in [3.05, 3.63) is 12.7 Å². The largest absolute Gasteiger partial charge is 0.479 e. The third-order valence-electron chi connectivity index (χ3n) is 1.52. The van der Waals surface area contributed by atoms with Crippen molar-refractivity contribution in [2.45, 2.75) is 0 Å². The highest BCUT2D eigenvalue weighted by atomic mass is 16.5. The molecule has 0 aliphatic carbocycles. The summed E-state index contributed by atoms with van der Waals surface area (Å²) in [5.41, 5.74) is 1.13. The highest BCUT2D eigenvalue weighted by Crippen LogP contribution is 2.16. The number of imidazole rings is 1. The van der Waals surface area contributed by atoms with Gasteiger partial charge < -0.3 is 10.6 Å². The Kier molecular flexibility index (Phi) is 1.33. The first kappa shape index (κ1) is 6.84. The SMILES string of the molecule is COc1ncnc2c1ncn2N. The normalized spacial score (nSPS) is 10.4. The molecule has 6 heteroatoms. The summed E-state index contributed by atoms with van der Waals surface area (Å²) in [6.45, 7) is 0. The summed E-state index contributed by atoms with van der Waals surface area (Å²) in [4.78, 5) is 11.8. The predicted molar refractivity (Wildman–Crippen MR) is 42.0 cm³/mol. The molecule has 2 aromatic rings. The van der Waals surface area contributed by atoms with Gasteiger partial charge in [0.25, 0.3) is 0 Å². The second-order valence-corrected chi connectivity index (χ2v) is 2.21. The van der Waals surface area contributed by atoms with Gasteiger partial charge in [0, 0.05) is 0 Å². The molecule has 0 radical (unpaired) electrons. The average molecular weight is 165 g/mol. The van der Waals surface area contributed by atoms with E-state index in [-0.39, 0.29) is 0 Å². The highest BCUT2D eigenvalue weighted by Gasteiger charge is 2.07. The first-order valence-electron chi connectivity index (χ1n) is 3.30. The van der Waals surface area contributed by atoms with E-state index in [9.17, 15) is 0 Å². The molecule has 0 saturated heterocycles. The van der Waals surface area contributed by atoms with Gasteiger partial charge in [-0.25, -0.2) is 14.6 Å². The molecule has 0 bridgehead atoms. The number of rotatable bonds is 1. The molecule has 2 heterocycles. The van der Waals surface area contributed by atoms with Crippen molar-refractivity contribution in [1.29, 1.82) is 0 Å². The third-order valence-corrected chi connectivity index (χ3v) is 1.52. The van der Waals surface area contributed by atoms with Crippen molar-refractivity contribution in [3.8, 4) is 5.88 Å². The van der Waals surface area contributed by atoms with Crippen LogP contribution in [0, 0.1) is 0 Å². The maximum Gasteiger partial charge on any atom is 0.245 e. The van der Waals surface area contributed by atoms with E-state index in [0.717, 1.165) is 0 Å². The van der Waals surface area contributed by atoms with Crippen molar-refractivity contribution in [3.63, 3.8) is 0 Å². The summed E-state index contributed by atoms with van der Waals surface area (Å²) in [5.74, 6) is 5.94. The van der Waals surface area contributed by atoms with Crippen LogP contribution in [-0.2, 0) is 0 Å². The van der Waals surface area contributed by atoms with E-state index in [1.54, 1.807) is 0 Å². The van der Waals surface area contributed by atoms with Crippen LogP contribution in [0.3, 0.4) is 0 Å². The molecule has 0 aromatic carbocycles. The Hall–Kier alpha value is -1.85. The quantitative estimate of drug-likeness (QED) is 0.579. The number of ether oxygens (including phenoxy) is 1. The fourth-order valence-corrected chi connectivity index (χ4v) is 0.980. The van der Waals surface area contributed by atoms with Gasteiger partial charge in [-0.1, -0.05) is 0 Å². The maximum atomic E-state index is 5.51. The molecule has 0 spiro atoms. The zero-order valence-electron chi connectivity index (χ0n) is 6.43. The number of hydrogen-bond acceptors (Lipinski definition) is 5. The number of nitrogens with two attached hydrogens (primary N) is 1. The lowest BCUT2D eigenvalue weighted by Crippen LogP contribution is -2.06. The molecule has 0 aliphatic rings. The maximum absolute atomic E-state index is 5.51. The summed E-state index contributed by atoms with van der Waals surface area (Å²) in [5, 5.41) is 0. The minimum absolute atomic E-state index is 0.434. The molecule has 2 aromatic heterocycles. The van der Waals surface area contributed by atoms with Gasteiger partial charge in [0.1, 0.15) is 12.7 Å². The Labute approximate surface area is 68.0 Å². The predicted octanol–water partition coefficient (Wildman–Crippen LogP) is -0.451. The minimum Gasteiger partial charge on any atom is -0.479 e. The Bertz CT molecular complexity index is 409. The standard InChI is InChI=1S/C6H7N5O/c1-12-6-4-5(8-2-9-6)11(7)3-10-4/h2-3H,7H2,1H3. The van der Waals surface area contributed by atoms with E-state index < -0.39 is 0 Å². The van der Waals surface area contributed by atoms with E-state index in [1.807, 2.05) is 0 Å². The molecule has 0 aliphatic heterocycles. The lowest BCUT2D eigenvalue weighted by molar-refractivity contribution is 0.401. The van der Waals surface area contributed by atoms with Crippen LogP contribution in [0.5, 0.6) is 5.88 Å². The van der Waals surface area contributed by atoms with Crippen molar-refractivity contribution >= 4 is 11.2 Å². The molecule has 0 fully saturated rings. The number of aromatic nitrogens is 4. The van der Waals surface area contributed by atoms with Gasteiger partial charge in [0.15, 0.2) is 11.2 Å². The van der Waals surface area contributed by atoms with Crippen molar-refractivity contribution in [1.82, 2.24) is 19.6 Å². The Morgan fingerprint density at radius 2 is 2.25 bits per heavy atom. The second-order valence-electron chi connectivity index (χ2n) is 2.21. The minimum atomic E-state index is 0.434. The van der Waals surface area contributed by atoms with Crippen LogP contribution in [0.4, 0.5) is 0 Å². The van der Waals surface area contributed by atoms with Crippen LogP contribution in [0.1, 0.15) is 0 Å². The first-order chi connectivity index (χ1) is 5.83. The summed E-state index contributed by atoms with van der Waals surface area (Å²) < 4.78 is 6.28. The van der Waals surface area contributed by atoms with Gasteiger partial charge in [-0.15, -0.1) is 0 Å². The highest BCUT2D eigenvalue weighted by molar-refractivity contribution is 5.75. The number of nitrogens with zero attached hydrogens (tertiary/aromatic N) is 4. The smallest absolute Gasteiger partial charge is 0.245 e. The molecule has 0 amide bonds. The Morgan fingerprint density at radius 3 is 3.00 bits per heavy atom. The third kappa shape index (κ3) is 0.777. The molecule has 2 rings (SSSR count). The fraction of sp³-hybridized carbons (Fsp3) is 0.167. The van der Waals surface area contributed by atoms with Gasteiger partial charge >= 0.3 is 0 Å². The average Bonchev–Trinajstić information content (AvgIpc) is 2.48. The van der Waals surface area contributed by atoms with Crippen molar-refractivity contribution < 1.29 is 4.74 Å². The van der Waals surface area contributed by atoms with E-state index in [1.165, 1.54) is 24.4 Å². The summed E-state index contributed by atoms with van der Waals surface area (Å²) in [7, 11) is 1.53. The zero-order valence-corrected chi connectivity index (χ0v) is 6.43. The van der Waals surface area contributed by atoms with Gasteiger partial charge in [-0.2, -0.15) is 4.98 Å². The topological polar surface area (TPSA) is 78.9 Å². The molecule has 6 nitrogen and oxygen atoms in total. The monoisotopic (exact) mass is 165 g/mol. The molecule has 2 N–H and O–H groups in total. The second kappa shape index (κ2) is 2.33. The summed E-state index contributed by atoms with van der Waals surface area (Å²) in [6.07, 6.45) is 2.84. The van der Waals surface area contributed by atoms with Crippen LogP contribution >= 0.6 is 0 Å². The summed E-state index contributed by atoms with van der Waals surface area (Å²) >= 11 is 0. The van der Waals surface area contributed by atoms with E-state index in [2.05, 4.69) is 15.0 Å². The van der Waals surface area contributed by atoms with Gasteiger partial charge in [0.05, 0.1) is 7.11 Å². The van der Waals surface area contributed by atoms with Gasteiger partial charge in [-0.3, -0.25) is 0 Å². The number of fused-ring (bicyclic) bond motifs is 1. The van der Waals surface area contributed by atoms with Crippen molar-refractivity contribution in [2.24, 2.45) is 0 Å². The molecular weight excluding hydrogens is 158 g/mol. The van der Waals surface area contributed by atoms with E-state index in [4.69, 9.17) is 10.6 Å². The lowest BCUT2D eigenvalue weighted by Gasteiger charge is -1.97. The zero-order chi connectivity index (χ0) is 8.55. The van der Waals surface area contributed by atoms with E-state index in [0.29, 0.717) is 17.0 Å². The number of hydrogen-bond donors (Lipinski definition) is 1. The number of nitrogen functional groups attached to an aromatic ring is 1. The number of methoxy groups -OCH3 is 1. The lowest BCUT2D eigenvalue weighted by atomic mass is 10.5. The molecule has 12 heavy (non-hydrogen) atoms. The summed E-state index contributed by atoms with van der Waals surface area (Å²) in [6, 6.07) is 0. The van der Waals surface area contributed by atoms with Crippen molar-refractivity contribution in [2.75, 3.05) is 13.0 Å². The van der Waals surface area contributed by atoms with Crippen LogP contribution < -0.4 is 10.6 Å². The molecule has 0 atom stereocenters. The van der Waals surface area contributed by atoms with Crippen LogP contribution in [-0.4, -0.2) is 26.7 Å². The van der Waals surface area contributed by atoms with Gasteiger partial charge in [-0.05, 0) is 0 Å². The van der Waals surface area contributed by atoms with Crippen LogP contribution in [0.15, 0.2) is 12.7 Å². The molecular formula is C6H7N5O. The Morgan fingerprint density at radius 1 is 1.42 bits per heavy atom. The van der Waals surface area contributed by atoms with Crippen LogP contribution in [0.25, 0.3) is 11.2 Å². The van der Waals surface area contributed by atoms with E-state index >= 15 is 0 Å². The first-order valence-corrected chi connectivity index (χ1v) is 3.30. The molecule has 0 saturated carbocycles. The Balaban J connectivity index is 2.81. The fourth-order valence-electron chi connectivity index (χ4n) is 0.980. The molecule has 0 unspecified atom stereocenters. The molecule has 62 valence electrons.